The molecule has 1 aromatic carbocycles. The van der Waals surface area contributed by atoms with E-state index in [2.05, 4.69) is 10.1 Å². The van der Waals surface area contributed by atoms with E-state index >= 15 is 0 Å². The van der Waals surface area contributed by atoms with Crippen molar-refractivity contribution in [3.63, 3.8) is 0 Å². The van der Waals surface area contributed by atoms with Crippen LogP contribution in [0.3, 0.4) is 0 Å². The number of hydrogen-bond acceptors (Lipinski definition) is 4. The summed E-state index contributed by atoms with van der Waals surface area (Å²) in [5.41, 5.74) is 0.671. The number of aromatic nitrogens is 3. The van der Waals surface area contributed by atoms with Gasteiger partial charge in [-0.15, -0.1) is 0 Å². The van der Waals surface area contributed by atoms with Gasteiger partial charge in [-0.25, -0.2) is 0 Å². The lowest BCUT2D eigenvalue weighted by Crippen LogP contribution is -2.16. The zero-order valence-electron chi connectivity index (χ0n) is 11.0. The number of aromatic hydroxyl groups is 1. The van der Waals surface area contributed by atoms with Crippen molar-refractivity contribution in [1.82, 2.24) is 14.6 Å². The van der Waals surface area contributed by atoms with E-state index in [9.17, 15) is 9.90 Å². The predicted octanol–water partition coefficient (Wildman–Crippen LogP) is 2.50. The molecule has 0 amide bonds. The third-order valence-electron chi connectivity index (χ3n) is 3.23. The summed E-state index contributed by atoms with van der Waals surface area (Å²) in [6.07, 6.45) is 1.42. The minimum absolute atomic E-state index is 0.124. The van der Waals surface area contributed by atoms with E-state index in [0.29, 0.717) is 15.6 Å². The van der Waals surface area contributed by atoms with Crippen molar-refractivity contribution in [2.24, 2.45) is 0 Å². The Balaban J connectivity index is 2.13. The van der Waals surface area contributed by atoms with Crippen LogP contribution in [0.2, 0.25) is 10.0 Å². The van der Waals surface area contributed by atoms with Crippen LogP contribution in [0.4, 0.5) is 0 Å². The average molecular weight is 335 g/mol. The first-order valence-corrected chi connectivity index (χ1v) is 6.92. The van der Waals surface area contributed by atoms with Crippen LogP contribution in [0, 0.1) is 11.3 Å². The van der Waals surface area contributed by atoms with E-state index in [1.165, 1.54) is 6.20 Å². The molecule has 0 fully saturated rings. The molecule has 0 saturated heterocycles. The van der Waals surface area contributed by atoms with E-state index in [1.54, 1.807) is 18.2 Å². The third-order valence-corrected chi connectivity index (χ3v) is 3.97. The Morgan fingerprint density at radius 3 is 2.82 bits per heavy atom. The smallest absolute Gasteiger partial charge is 0.258 e. The van der Waals surface area contributed by atoms with Gasteiger partial charge in [-0.05, 0) is 17.7 Å². The maximum Gasteiger partial charge on any atom is 0.258 e. The molecule has 22 heavy (non-hydrogen) atoms. The second-order valence-electron chi connectivity index (χ2n) is 4.61. The Bertz CT molecular complexity index is 985. The van der Waals surface area contributed by atoms with Crippen LogP contribution in [0.5, 0.6) is 5.88 Å². The molecular weight excluding hydrogens is 327 g/mol. The van der Waals surface area contributed by atoms with Crippen molar-refractivity contribution < 1.29 is 5.11 Å². The molecule has 6 nitrogen and oxygen atoms in total. The maximum absolute atomic E-state index is 12.2. The highest BCUT2D eigenvalue weighted by Gasteiger charge is 2.16. The minimum atomic E-state index is -0.493. The summed E-state index contributed by atoms with van der Waals surface area (Å²) in [5.74, 6) is -0.314. The fourth-order valence-electron chi connectivity index (χ4n) is 2.14. The number of benzene rings is 1. The van der Waals surface area contributed by atoms with Gasteiger partial charge in [0, 0.05) is 6.42 Å². The molecule has 0 atom stereocenters. The molecular formula is C14H8Cl2N4O2. The summed E-state index contributed by atoms with van der Waals surface area (Å²) < 4.78 is 1.12. The van der Waals surface area contributed by atoms with Crippen LogP contribution in [-0.4, -0.2) is 19.7 Å². The monoisotopic (exact) mass is 334 g/mol. The average Bonchev–Trinajstić information content (AvgIpc) is 2.90. The summed E-state index contributed by atoms with van der Waals surface area (Å²) >= 11 is 11.8. The van der Waals surface area contributed by atoms with Crippen molar-refractivity contribution in [1.29, 1.82) is 5.26 Å². The normalized spacial score (nSPS) is 10.8. The SMILES string of the molecule is N#Cc1cnn2c(O)c(Cc3ccc(Cl)c(Cl)c3)c(=O)[nH]c12. The molecule has 0 spiro atoms. The topological polar surface area (TPSA) is 94.2 Å². The molecule has 3 aromatic rings. The zero-order chi connectivity index (χ0) is 15.9. The van der Waals surface area contributed by atoms with E-state index < -0.39 is 5.56 Å². The zero-order valence-corrected chi connectivity index (χ0v) is 12.5. The van der Waals surface area contributed by atoms with Gasteiger partial charge in [0.15, 0.2) is 5.65 Å². The highest BCUT2D eigenvalue weighted by atomic mass is 35.5. The van der Waals surface area contributed by atoms with Crippen molar-refractivity contribution in [3.8, 4) is 11.9 Å². The molecule has 0 unspecified atom stereocenters. The Morgan fingerprint density at radius 1 is 1.36 bits per heavy atom. The molecule has 0 aliphatic carbocycles. The summed E-state index contributed by atoms with van der Waals surface area (Å²) in [4.78, 5) is 14.7. The minimum Gasteiger partial charge on any atom is -0.493 e. The largest absolute Gasteiger partial charge is 0.493 e. The van der Waals surface area contributed by atoms with Gasteiger partial charge in [0.25, 0.3) is 5.56 Å². The predicted molar refractivity (Wildman–Crippen MR) is 81.5 cm³/mol. The molecule has 0 saturated carbocycles. The number of hydrogen-bond donors (Lipinski definition) is 2. The first-order valence-electron chi connectivity index (χ1n) is 6.17. The van der Waals surface area contributed by atoms with Crippen LogP contribution in [-0.2, 0) is 6.42 Å². The number of nitrogens with zero attached hydrogens (tertiary/aromatic N) is 3. The number of halogens is 2. The van der Waals surface area contributed by atoms with Gasteiger partial charge in [0.05, 0.1) is 21.8 Å². The molecule has 8 heteroatoms. The molecule has 0 aliphatic rings. The van der Waals surface area contributed by atoms with Gasteiger partial charge in [-0.3, -0.25) is 4.79 Å². The molecule has 2 N–H and O–H groups in total. The first kappa shape index (κ1) is 14.4. The van der Waals surface area contributed by atoms with Crippen LogP contribution < -0.4 is 5.56 Å². The second-order valence-corrected chi connectivity index (χ2v) is 5.43. The lowest BCUT2D eigenvalue weighted by Gasteiger charge is -2.07. The van der Waals surface area contributed by atoms with E-state index in [-0.39, 0.29) is 29.1 Å². The number of fused-ring (bicyclic) bond motifs is 1. The lowest BCUT2D eigenvalue weighted by atomic mass is 10.1. The Hall–Kier alpha value is -2.49. The van der Waals surface area contributed by atoms with Crippen LogP contribution in [0.1, 0.15) is 16.7 Å². The van der Waals surface area contributed by atoms with Crippen LogP contribution >= 0.6 is 23.2 Å². The molecule has 0 aliphatic heterocycles. The quantitative estimate of drug-likeness (QED) is 0.752. The summed E-state index contributed by atoms with van der Waals surface area (Å²) in [7, 11) is 0. The van der Waals surface area contributed by atoms with Crippen LogP contribution in [0.15, 0.2) is 29.2 Å². The second kappa shape index (κ2) is 5.37. The van der Waals surface area contributed by atoms with Gasteiger partial charge in [0.1, 0.15) is 11.6 Å². The summed E-state index contributed by atoms with van der Waals surface area (Å²) in [6, 6.07) is 6.84. The summed E-state index contributed by atoms with van der Waals surface area (Å²) in [6.45, 7) is 0. The highest BCUT2D eigenvalue weighted by Crippen LogP contribution is 2.25. The molecule has 2 heterocycles. The van der Waals surface area contributed by atoms with Gasteiger partial charge in [-0.1, -0.05) is 29.3 Å². The van der Waals surface area contributed by atoms with Crippen molar-refractivity contribution in [2.45, 2.75) is 6.42 Å². The Labute approximate surface area is 134 Å². The molecule has 0 bridgehead atoms. The fourth-order valence-corrected chi connectivity index (χ4v) is 2.46. The number of H-pyrrole nitrogens is 1. The molecule has 2 aromatic heterocycles. The van der Waals surface area contributed by atoms with E-state index in [4.69, 9.17) is 28.5 Å². The number of aromatic amines is 1. The first-order chi connectivity index (χ1) is 10.5. The molecule has 0 radical (unpaired) electrons. The molecule has 110 valence electrons. The van der Waals surface area contributed by atoms with Gasteiger partial charge >= 0.3 is 0 Å². The van der Waals surface area contributed by atoms with Crippen molar-refractivity contribution in [2.75, 3.05) is 0 Å². The maximum atomic E-state index is 12.2. The fraction of sp³-hybridized carbons (Fsp3) is 0.0714. The molecule has 3 rings (SSSR count). The summed E-state index contributed by atoms with van der Waals surface area (Å²) in [5, 5.41) is 23.8. The lowest BCUT2D eigenvalue weighted by molar-refractivity contribution is 0.428. The van der Waals surface area contributed by atoms with Crippen molar-refractivity contribution >= 4 is 28.8 Å². The van der Waals surface area contributed by atoms with Gasteiger partial charge < -0.3 is 10.1 Å². The van der Waals surface area contributed by atoms with Gasteiger partial charge in [0.2, 0.25) is 5.88 Å². The van der Waals surface area contributed by atoms with E-state index in [1.807, 2.05) is 6.07 Å². The third kappa shape index (κ3) is 2.30. The Morgan fingerprint density at radius 2 is 2.14 bits per heavy atom. The number of nitriles is 1. The number of nitrogens with one attached hydrogen (secondary N) is 1. The van der Waals surface area contributed by atoms with E-state index in [0.717, 1.165) is 4.52 Å². The highest BCUT2D eigenvalue weighted by molar-refractivity contribution is 6.42. The number of rotatable bonds is 2. The Kier molecular flexibility index (Phi) is 3.53. The van der Waals surface area contributed by atoms with Gasteiger partial charge in [-0.2, -0.15) is 14.9 Å². The van der Waals surface area contributed by atoms with Crippen molar-refractivity contribution in [3.05, 3.63) is 61.5 Å². The standard InChI is InChI=1S/C14H8Cl2N4O2/c15-10-2-1-7(4-11(10)16)3-9-13(21)19-12-8(5-17)6-18-20(12)14(9)22/h1-2,4,6,22H,3H2,(H,19,21). The van der Waals surface area contributed by atoms with Crippen LogP contribution in [0.25, 0.3) is 5.65 Å².